The number of imidazole rings is 1. The highest BCUT2D eigenvalue weighted by Crippen LogP contribution is 2.39. The lowest BCUT2D eigenvalue weighted by Gasteiger charge is -2.24. The van der Waals surface area contributed by atoms with Crippen LogP contribution in [0.3, 0.4) is 0 Å². The van der Waals surface area contributed by atoms with E-state index in [1.54, 1.807) is 0 Å². The number of piperidine rings is 1. The summed E-state index contributed by atoms with van der Waals surface area (Å²) in [5.41, 5.74) is 3.56. The third-order valence-corrected chi connectivity index (χ3v) is 5.62. The molecule has 0 spiro atoms. The van der Waals surface area contributed by atoms with Crippen LogP contribution in [0.15, 0.2) is 61.4 Å². The van der Waals surface area contributed by atoms with Crippen molar-refractivity contribution in [1.29, 1.82) is 0 Å². The van der Waals surface area contributed by atoms with E-state index < -0.39 is 0 Å². The van der Waals surface area contributed by atoms with Gasteiger partial charge < -0.3 is 5.32 Å². The molecule has 1 aliphatic heterocycles. The summed E-state index contributed by atoms with van der Waals surface area (Å²) in [5.74, 6) is 1.65. The lowest BCUT2D eigenvalue weighted by atomic mass is 9.89. The molecule has 0 radical (unpaired) electrons. The molecular formula is C21H20ClN5. The summed E-state index contributed by atoms with van der Waals surface area (Å²) in [4.78, 5) is 8.72. The average Bonchev–Trinajstić information content (AvgIpc) is 3.35. The number of benzene rings is 1. The van der Waals surface area contributed by atoms with Crippen molar-refractivity contribution < 1.29 is 0 Å². The molecule has 0 unspecified atom stereocenters. The molecule has 1 N–H and O–H groups in total. The summed E-state index contributed by atoms with van der Waals surface area (Å²) in [6.45, 7) is 2.10. The van der Waals surface area contributed by atoms with Crippen molar-refractivity contribution in [2.24, 2.45) is 0 Å². The molecule has 4 aromatic rings. The Bertz CT molecular complexity index is 1060. The first-order valence-electron chi connectivity index (χ1n) is 9.26. The van der Waals surface area contributed by atoms with Gasteiger partial charge in [0.2, 0.25) is 0 Å². The molecule has 1 aliphatic rings. The molecule has 0 amide bonds. The van der Waals surface area contributed by atoms with Gasteiger partial charge in [0.1, 0.15) is 12.1 Å². The van der Waals surface area contributed by atoms with E-state index in [0.717, 1.165) is 48.0 Å². The van der Waals surface area contributed by atoms with Crippen LogP contribution in [-0.2, 0) is 0 Å². The maximum atomic E-state index is 6.14. The summed E-state index contributed by atoms with van der Waals surface area (Å²) in [6.07, 6.45) is 11.8. The smallest absolute Gasteiger partial charge is 0.127 e. The molecule has 27 heavy (non-hydrogen) atoms. The van der Waals surface area contributed by atoms with Crippen molar-refractivity contribution in [1.82, 2.24) is 24.4 Å². The van der Waals surface area contributed by atoms with Gasteiger partial charge in [0.25, 0.3) is 0 Å². The lowest BCUT2D eigenvalue weighted by Crippen LogP contribution is -2.27. The Hall–Kier alpha value is -2.63. The molecule has 5 nitrogen and oxygen atoms in total. The largest absolute Gasteiger partial charge is 0.317 e. The monoisotopic (exact) mass is 377 g/mol. The first-order chi connectivity index (χ1) is 13.3. The number of nitrogens with one attached hydrogen (secondary N) is 1. The number of nitrogens with zero attached hydrogens (tertiary/aromatic N) is 4. The second-order valence-corrected chi connectivity index (χ2v) is 7.37. The standard InChI is InChI=1S/C21H20ClN5/c22-16-1-3-17(4-2-16)27-19-13-24-10-7-18(19)20(15-5-8-23-9-6-15)21(27)26-12-11-25-14-26/h1-4,7,10-15,23H,5-6,8-9H2. The summed E-state index contributed by atoms with van der Waals surface area (Å²) < 4.78 is 4.39. The first-order valence-corrected chi connectivity index (χ1v) is 9.64. The second kappa shape index (κ2) is 6.83. The van der Waals surface area contributed by atoms with Crippen LogP contribution in [0.25, 0.3) is 22.4 Å². The van der Waals surface area contributed by atoms with Crippen molar-refractivity contribution in [3.8, 4) is 11.5 Å². The average molecular weight is 378 g/mol. The summed E-state index contributed by atoms with van der Waals surface area (Å²) in [5, 5.41) is 5.47. The molecule has 0 saturated carbocycles. The van der Waals surface area contributed by atoms with E-state index in [1.807, 2.05) is 43.2 Å². The zero-order valence-corrected chi connectivity index (χ0v) is 15.6. The van der Waals surface area contributed by atoms with Gasteiger partial charge in [-0.15, -0.1) is 0 Å². The number of aromatic nitrogens is 4. The zero-order valence-electron chi connectivity index (χ0n) is 14.8. The Labute approximate surface area is 162 Å². The predicted molar refractivity (Wildman–Crippen MR) is 108 cm³/mol. The van der Waals surface area contributed by atoms with E-state index in [9.17, 15) is 0 Å². The van der Waals surface area contributed by atoms with Gasteiger partial charge in [-0.3, -0.25) is 14.1 Å². The maximum Gasteiger partial charge on any atom is 0.127 e. The van der Waals surface area contributed by atoms with Crippen LogP contribution in [0.5, 0.6) is 0 Å². The third-order valence-electron chi connectivity index (χ3n) is 5.37. The molecule has 0 aliphatic carbocycles. The molecule has 1 aromatic carbocycles. The second-order valence-electron chi connectivity index (χ2n) is 6.94. The van der Waals surface area contributed by atoms with Crippen LogP contribution in [0, 0.1) is 0 Å². The highest BCUT2D eigenvalue weighted by atomic mass is 35.5. The Morgan fingerprint density at radius 3 is 2.56 bits per heavy atom. The van der Waals surface area contributed by atoms with Crippen molar-refractivity contribution in [2.45, 2.75) is 18.8 Å². The highest BCUT2D eigenvalue weighted by Gasteiger charge is 2.27. The van der Waals surface area contributed by atoms with E-state index in [-0.39, 0.29) is 0 Å². The molecule has 0 atom stereocenters. The molecule has 0 bridgehead atoms. The summed E-state index contributed by atoms with van der Waals surface area (Å²) in [7, 11) is 0. The molecular weight excluding hydrogens is 358 g/mol. The van der Waals surface area contributed by atoms with Gasteiger partial charge in [0.15, 0.2) is 0 Å². The van der Waals surface area contributed by atoms with Gasteiger partial charge in [0, 0.05) is 40.3 Å². The van der Waals surface area contributed by atoms with Gasteiger partial charge in [-0.25, -0.2) is 4.98 Å². The van der Waals surface area contributed by atoms with Gasteiger partial charge in [0.05, 0.1) is 11.7 Å². The SMILES string of the molecule is Clc1ccc(-n2c(-n3ccnc3)c(C3CCNCC3)c3ccncc32)cc1. The Balaban J connectivity index is 1.85. The topological polar surface area (TPSA) is 47.7 Å². The minimum atomic E-state index is 0.502. The van der Waals surface area contributed by atoms with Crippen molar-refractivity contribution in [2.75, 3.05) is 13.1 Å². The molecule has 3 aromatic heterocycles. The summed E-state index contributed by atoms with van der Waals surface area (Å²) >= 11 is 6.14. The molecule has 1 saturated heterocycles. The van der Waals surface area contributed by atoms with Gasteiger partial charge in [-0.2, -0.15) is 0 Å². The predicted octanol–water partition coefficient (Wildman–Crippen LogP) is 4.33. The van der Waals surface area contributed by atoms with Crippen LogP contribution in [0.1, 0.15) is 24.3 Å². The van der Waals surface area contributed by atoms with E-state index in [4.69, 9.17) is 11.6 Å². The number of pyridine rings is 1. The number of rotatable bonds is 3. The van der Waals surface area contributed by atoms with Crippen molar-refractivity contribution >= 4 is 22.5 Å². The normalized spacial score (nSPS) is 15.4. The number of halogens is 1. The van der Waals surface area contributed by atoms with Crippen LogP contribution < -0.4 is 5.32 Å². The molecule has 136 valence electrons. The molecule has 4 heterocycles. The summed E-state index contributed by atoms with van der Waals surface area (Å²) in [6, 6.07) is 10.1. The zero-order chi connectivity index (χ0) is 18.2. The number of hydrogen-bond donors (Lipinski definition) is 1. The molecule has 1 fully saturated rings. The third kappa shape index (κ3) is 2.83. The first kappa shape index (κ1) is 16.5. The lowest BCUT2D eigenvalue weighted by molar-refractivity contribution is 0.461. The van der Waals surface area contributed by atoms with Gasteiger partial charge >= 0.3 is 0 Å². The minimum absolute atomic E-state index is 0.502. The Kier molecular flexibility index (Phi) is 4.19. The van der Waals surface area contributed by atoms with E-state index >= 15 is 0 Å². The van der Waals surface area contributed by atoms with E-state index in [1.165, 1.54) is 10.9 Å². The van der Waals surface area contributed by atoms with Crippen LogP contribution >= 0.6 is 11.6 Å². The van der Waals surface area contributed by atoms with Gasteiger partial charge in [-0.1, -0.05) is 11.6 Å². The fourth-order valence-corrected chi connectivity index (χ4v) is 4.28. The fourth-order valence-electron chi connectivity index (χ4n) is 4.15. The number of hydrogen-bond acceptors (Lipinski definition) is 3. The quantitative estimate of drug-likeness (QED) is 0.578. The Morgan fingerprint density at radius 1 is 1.00 bits per heavy atom. The van der Waals surface area contributed by atoms with Crippen LogP contribution in [0.2, 0.25) is 5.02 Å². The number of fused-ring (bicyclic) bond motifs is 1. The van der Waals surface area contributed by atoms with Gasteiger partial charge in [-0.05, 0) is 62.2 Å². The maximum absolute atomic E-state index is 6.14. The fraction of sp³-hybridized carbons (Fsp3) is 0.238. The highest BCUT2D eigenvalue weighted by molar-refractivity contribution is 6.30. The van der Waals surface area contributed by atoms with E-state index in [2.05, 4.69) is 42.6 Å². The minimum Gasteiger partial charge on any atom is -0.317 e. The Morgan fingerprint density at radius 2 is 1.81 bits per heavy atom. The molecule has 5 rings (SSSR count). The van der Waals surface area contributed by atoms with Crippen LogP contribution in [-0.4, -0.2) is 32.2 Å². The van der Waals surface area contributed by atoms with E-state index in [0.29, 0.717) is 5.92 Å². The molecule has 6 heteroatoms. The van der Waals surface area contributed by atoms with Crippen molar-refractivity contribution in [3.05, 3.63) is 72.0 Å². The van der Waals surface area contributed by atoms with Crippen LogP contribution in [0.4, 0.5) is 0 Å². The van der Waals surface area contributed by atoms with Crippen molar-refractivity contribution in [3.63, 3.8) is 0 Å².